The molecule has 3 aromatic rings. The summed E-state index contributed by atoms with van der Waals surface area (Å²) in [6.07, 6.45) is 4.22. The van der Waals surface area contributed by atoms with Gasteiger partial charge < -0.3 is 9.30 Å². The molecule has 2 aromatic heterocycles. The highest BCUT2D eigenvalue weighted by Gasteiger charge is 2.29. The summed E-state index contributed by atoms with van der Waals surface area (Å²) in [7, 11) is -2.28. The van der Waals surface area contributed by atoms with E-state index in [0.717, 1.165) is 19.3 Å². The number of aromatic nitrogens is 2. The first kappa shape index (κ1) is 21.3. The van der Waals surface area contributed by atoms with Crippen LogP contribution in [0.15, 0.2) is 35.4 Å². The van der Waals surface area contributed by atoms with E-state index in [-0.39, 0.29) is 22.7 Å². The molecule has 1 saturated carbocycles. The molecule has 1 fully saturated rings. The zero-order valence-corrected chi connectivity index (χ0v) is 18.3. The van der Waals surface area contributed by atoms with Crippen molar-refractivity contribution >= 4 is 20.9 Å². The molecule has 0 bridgehead atoms. The van der Waals surface area contributed by atoms with Crippen LogP contribution >= 0.6 is 0 Å². The third kappa shape index (κ3) is 3.66. The number of halogens is 1. The Balaban J connectivity index is 1.92. The summed E-state index contributed by atoms with van der Waals surface area (Å²) in [6, 6.07) is 8.09. The van der Waals surface area contributed by atoms with Gasteiger partial charge in [0, 0.05) is 29.7 Å². The Kier molecular flexibility index (Phi) is 5.45. The van der Waals surface area contributed by atoms with Gasteiger partial charge in [-0.3, -0.25) is 4.98 Å². The van der Waals surface area contributed by atoms with E-state index >= 15 is 0 Å². The number of nitrogens with one attached hydrogen (secondary N) is 1. The van der Waals surface area contributed by atoms with Crippen LogP contribution in [0.2, 0.25) is 0 Å². The molecule has 31 heavy (non-hydrogen) atoms. The Bertz CT molecular complexity index is 1290. The number of sulfonamides is 1. The lowest BCUT2D eigenvalue weighted by atomic mass is 9.92. The predicted molar refractivity (Wildman–Crippen MR) is 115 cm³/mol. The average Bonchev–Trinajstić information content (AvgIpc) is 2.98. The molecular formula is C22H23FN4O3S. The summed E-state index contributed by atoms with van der Waals surface area (Å²) >= 11 is 0. The number of fused-ring (bicyclic) bond motifs is 1. The lowest BCUT2D eigenvalue weighted by molar-refractivity contribution is 0.323. The summed E-state index contributed by atoms with van der Waals surface area (Å²) in [5, 5.41) is 10.4. The van der Waals surface area contributed by atoms with Gasteiger partial charge in [-0.05, 0) is 51.3 Å². The van der Waals surface area contributed by atoms with Crippen molar-refractivity contribution in [3.05, 3.63) is 41.8 Å². The second-order valence-electron chi connectivity index (χ2n) is 7.95. The first-order valence-corrected chi connectivity index (χ1v) is 11.6. The number of hydrogen-bond donors (Lipinski definition) is 1. The van der Waals surface area contributed by atoms with Crippen LogP contribution in [0, 0.1) is 17.1 Å². The molecule has 2 heterocycles. The molecule has 0 amide bonds. The topological polar surface area (TPSA) is 97.0 Å². The molecule has 4 rings (SSSR count). The van der Waals surface area contributed by atoms with Gasteiger partial charge in [-0.2, -0.15) is 5.26 Å². The van der Waals surface area contributed by atoms with Crippen molar-refractivity contribution in [1.82, 2.24) is 14.3 Å². The standard InChI is InChI=1S/C22H23FN4O3S/c1-13(2)26-31(28,29)15-7-8-19(25-12-15)22-17(11-24)16-9-18(23)21(30-3)10-20(16)27(22)14-5-4-6-14/h7-10,12-14,26H,4-6H2,1-3H3. The number of nitriles is 1. The summed E-state index contributed by atoms with van der Waals surface area (Å²) in [5.74, 6) is -0.436. The molecule has 1 aliphatic rings. The van der Waals surface area contributed by atoms with Crippen molar-refractivity contribution in [3.63, 3.8) is 0 Å². The number of hydrogen-bond acceptors (Lipinski definition) is 5. The van der Waals surface area contributed by atoms with Gasteiger partial charge in [0.15, 0.2) is 11.6 Å². The van der Waals surface area contributed by atoms with E-state index in [2.05, 4.69) is 15.8 Å². The van der Waals surface area contributed by atoms with E-state index in [0.29, 0.717) is 27.9 Å². The van der Waals surface area contributed by atoms with E-state index in [1.165, 1.54) is 25.4 Å². The number of methoxy groups -OCH3 is 1. The van der Waals surface area contributed by atoms with Crippen LogP contribution in [0.4, 0.5) is 4.39 Å². The maximum Gasteiger partial charge on any atom is 0.242 e. The molecule has 0 radical (unpaired) electrons. The van der Waals surface area contributed by atoms with E-state index in [4.69, 9.17) is 4.74 Å². The van der Waals surface area contributed by atoms with Gasteiger partial charge in [0.1, 0.15) is 11.0 Å². The van der Waals surface area contributed by atoms with E-state index < -0.39 is 15.8 Å². The second-order valence-corrected chi connectivity index (χ2v) is 9.66. The van der Waals surface area contributed by atoms with E-state index in [9.17, 15) is 18.1 Å². The lowest BCUT2D eigenvalue weighted by Gasteiger charge is -2.30. The van der Waals surface area contributed by atoms with Crippen molar-refractivity contribution in [2.45, 2.75) is 50.1 Å². The number of benzene rings is 1. The minimum absolute atomic E-state index is 0.0440. The van der Waals surface area contributed by atoms with Gasteiger partial charge in [-0.25, -0.2) is 17.5 Å². The summed E-state index contributed by atoms with van der Waals surface area (Å²) < 4.78 is 49.0. The average molecular weight is 443 g/mol. The molecule has 9 heteroatoms. The van der Waals surface area contributed by atoms with Gasteiger partial charge in [-0.15, -0.1) is 0 Å². The predicted octanol–water partition coefficient (Wildman–Crippen LogP) is 4.13. The molecular weight excluding hydrogens is 419 g/mol. The van der Waals surface area contributed by atoms with Gasteiger partial charge in [-0.1, -0.05) is 0 Å². The van der Waals surface area contributed by atoms with Gasteiger partial charge in [0.25, 0.3) is 0 Å². The second kappa shape index (κ2) is 7.94. The Morgan fingerprint density at radius 1 is 1.32 bits per heavy atom. The third-order valence-corrected chi connectivity index (χ3v) is 7.15. The van der Waals surface area contributed by atoms with Crippen molar-refractivity contribution in [2.24, 2.45) is 0 Å². The van der Waals surface area contributed by atoms with Crippen LogP contribution < -0.4 is 9.46 Å². The van der Waals surface area contributed by atoms with Crippen molar-refractivity contribution in [2.75, 3.05) is 7.11 Å². The minimum atomic E-state index is -3.68. The SMILES string of the molecule is COc1cc2c(cc1F)c(C#N)c(-c1ccc(S(=O)(=O)NC(C)C)cn1)n2C1CCC1. The smallest absolute Gasteiger partial charge is 0.242 e. The highest BCUT2D eigenvalue weighted by atomic mass is 32.2. The molecule has 1 N–H and O–H groups in total. The number of ether oxygens (including phenoxy) is 1. The van der Waals surface area contributed by atoms with Crippen LogP contribution in [0.25, 0.3) is 22.3 Å². The van der Waals surface area contributed by atoms with Gasteiger partial charge >= 0.3 is 0 Å². The highest BCUT2D eigenvalue weighted by molar-refractivity contribution is 7.89. The molecule has 0 unspecified atom stereocenters. The van der Waals surface area contributed by atoms with Crippen molar-refractivity contribution < 1.29 is 17.5 Å². The molecule has 1 aromatic carbocycles. The molecule has 7 nitrogen and oxygen atoms in total. The van der Waals surface area contributed by atoms with Crippen LogP contribution in [0.3, 0.4) is 0 Å². The zero-order valence-electron chi connectivity index (χ0n) is 17.5. The first-order valence-electron chi connectivity index (χ1n) is 10.1. The van der Waals surface area contributed by atoms with E-state index in [1.54, 1.807) is 26.0 Å². The fourth-order valence-corrected chi connectivity index (χ4v) is 5.11. The normalized spacial score (nSPS) is 14.6. The largest absolute Gasteiger partial charge is 0.494 e. The lowest BCUT2D eigenvalue weighted by Crippen LogP contribution is -2.30. The Morgan fingerprint density at radius 2 is 2.06 bits per heavy atom. The quantitative estimate of drug-likeness (QED) is 0.619. The molecule has 1 aliphatic carbocycles. The molecule has 0 aliphatic heterocycles. The fourth-order valence-electron chi connectivity index (χ4n) is 3.91. The van der Waals surface area contributed by atoms with Crippen LogP contribution in [0.5, 0.6) is 5.75 Å². The van der Waals surface area contributed by atoms with Crippen molar-refractivity contribution in [3.8, 4) is 23.2 Å². The van der Waals surface area contributed by atoms with Crippen LogP contribution in [-0.4, -0.2) is 31.1 Å². The summed E-state index contributed by atoms with van der Waals surface area (Å²) in [6.45, 7) is 3.48. The first-order chi connectivity index (χ1) is 14.8. The summed E-state index contributed by atoms with van der Waals surface area (Å²) in [4.78, 5) is 4.42. The number of rotatable bonds is 6. The van der Waals surface area contributed by atoms with E-state index in [1.807, 2.05) is 4.57 Å². The third-order valence-electron chi connectivity index (χ3n) is 5.51. The van der Waals surface area contributed by atoms with Gasteiger partial charge in [0.05, 0.1) is 29.6 Å². The van der Waals surface area contributed by atoms with Gasteiger partial charge in [0.2, 0.25) is 10.0 Å². The molecule has 162 valence electrons. The van der Waals surface area contributed by atoms with Crippen LogP contribution in [0.1, 0.15) is 44.7 Å². The maximum atomic E-state index is 14.4. The highest BCUT2D eigenvalue weighted by Crippen LogP contribution is 2.43. The zero-order chi connectivity index (χ0) is 22.3. The molecule has 0 saturated heterocycles. The molecule has 0 spiro atoms. The minimum Gasteiger partial charge on any atom is -0.494 e. The Morgan fingerprint density at radius 3 is 2.58 bits per heavy atom. The number of nitrogens with zero attached hydrogens (tertiary/aromatic N) is 3. The summed E-state index contributed by atoms with van der Waals surface area (Å²) in [5.41, 5.74) is 2.04. The molecule has 0 atom stereocenters. The van der Waals surface area contributed by atoms with Crippen molar-refractivity contribution in [1.29, 1.82) is 5.26 Å². The Labute approximate surface area is 180 Å². The monoisotopic (exact) mass is 442 g/mol. The van der Waals surface area contributed by atoms with Crippen LogP contribution in [-0.2, 0) is 10.0 Å². The Hall–Kier alpha value is -2.96. The maximum absolute atomic E-state index is 14.4. The number of pyridine rings is 1. The fraction of sp³-hybridized carbons (Fsp3) is 0.364.